The van der Waals surface area contributed by atoms with Crippen molar-refractivity contribution in [2.24, 2.45) is 5.92 Å². The number of fused-ring (bicyclic) bond motifs is 1. The Balaban J connectivity index is 1.61. The van der Waals surface area contributed by atoms with Crippen LogP contribution >= 0.6 is 0 Å². The van der Waals surface area contributed by atoms with Crippen molar-refractivity contribution in [2.75, 3.05) is 18.4 Å². The lowest BCUT2D eigenvalue weighted by atomic mass is 9.96. The van der Waals surface area contributed by atoms with E-state index in [1.807, 2.05) is 18.2 Å². The molecule has 4 rings (SSSR count). The van der Waals surface area contributed by atoms with Gasteiger partial charge < -0.3 is 10.6 Å². The van der Waals surface area contributed by atoms with Crippen LogP contribution in [0.2, 0.25) is 0 Å². The SMILES string of the molecule is CC(C)Nc1cncc(-c2ccc3cnc(CC(=O)C4CNC4)nc3c2)n1. The van der Waals surface area contributed by atoms with Gasteiger partial charge in [-0.25, -0.2) is 15.0 Å². The van der Waals surface area contributed by atoms with E-state index in [0.29, 0.717) is 5.82 Å². The van der Waals surface area contributed by atoms with Gasteiger partial charge in [-0.2, -0.15) is 0 Å². The van der Waals surface area contributed by atoms with E-state index in [-0.39, 0.29) is 24.2 Å². The van der Waals surface area contributed by atoms with Crippen LogP contribution in [0.1, 0.15) is 19.7 Å². The number of ketones is 1. The second-order valence-corrected chi connectivity index (χ2v) is 7.15. The maximum Gasteiger partial charge on any atom is 0.146 e. The van der Waals surface area contributed by atoms with Gasteiger partial charge >= 0.3 is 0 Å². The molecule has 2 aromatic heterocycles. The molecule has 0 atom stereocenters. The molecule has 1 fully saturated rings. The fourth-order valence-electron chi connectivity index (χ4n) is 2.99. The number of Topliss-reactive ketones (excluding diaryl/α,β-unsaturated/α-hetero) is 1. The summed E-state index contributed by atoms with van der Waals surface area (Å²) in [7, 11) is 0. The molecule has 138 valence electrons. The molecule has 0 spiro atoms. The number of carbonyl (C=O) groups excluding carboxylic acids is 1. The third-order valence-corrected chi connectivity index (χ3v) is 4.57. The Morgan fingerprint density at radius 3 is 2.81 bits per heavy atom. The van der Waals surface area contributed by atoms with E-state index < -0.39 is 0 Å². The second kappa shape index (κ2) is 7.36. The molecule has 3 heterocycles. The monoisotopic (exact) mass is 362 g/mol. The van der Waals surface area contributed by atoms with Gasteiger partial charge in [-0.15, -0.1) is 0 Å². The fourth-order valence-corrected chi connectivity index (χ4v) is 2.99. The Kier molecular flexibility index (Phi) is 4.77. The van der Waals surface area contributed by atoms with Crippen LogP contribution in [0.5, 0.6) is 0 Å². The van der Waals surface area contributed by atoms with E-state index in [4.69, 9.17) is 0 Å². The van der Waals surface area contributed by atoms with Gasteiger partial charge in [0.15, 0.2) is 0 Å². The minimum absolute atomic E-state index is 0.0992. The zero-order valence-electron chi connectivity index (χ0n) is 15.4. The van der Waals surface area contributed by atoms with Gasteiger partial charge in [0, 0.05) is 42.2 Å². The Hall–Kier alpha value is -2.93. The number of nitrogens with one attached hydrogen (secondary N) is 2. The summed E-state index contributed by atoms with van der Waals surface area (Å²) in [6, 6.07) is 6.21. The number of nitrogens with zero attached hydrogens (tertiary/aromatic N) is 4. The highest BCUT2D eigenvalue weighted by Crippen LogP contribution is 2.22. The predicted octanol–water partition coefficient (Wildman–Crippen LogP) is 2.24. The lowest BCUT2D eigenvalue weighted by Gasteiger charge is -2.25. The lowest BCUT2D eigenvalue weighted by Crippen LogP contribution is -2.47. The number of aromatic nitrogens is 4. The molecule has 1 aliphatic heterocycles. The maximum absolute atomic E-state index is 12.2. The van der Waals surface area contributed by atoms with E-state index in [2.05, 4.69) is 44.4 Å². The first kappa shape index (κ1) is 17.5. The molecule has 0 amide bonds. The van der Waals surface area contributed by atoms with Crippen LogP contribution in [0, 0.1) is 5.92 Å². The van der Waals surface area contributed by atoms with E-state index >= 15 is 0 Å². The van der Waals surface area contributed by atoms with Crippen LogP contribution in [0.3, 0.4) is 0 Å². The van der Waals surface area contributed by atoms with Gasteiger partial charge in [-0.05, 0) is 19.9 Å². The number of carbonyl (C=O) groups is 1. The molecular weight excluding hydrogens is 340 g/mol. The summed E-state index contributed by atoms with van der Waals surface area (Å²) in [5, 5.41) is 7.32. The fraction of sp³-hybridized carbons (Fsp3) is 0.350. The maximum atomic E-state index is 12.2. The Morgan fingerprint density at radius 2 is 2.07 bits per heavy atom. The van der Waals surface area contributed by atoms with Gasteiger partial charge in [-0.3, -0.25) is 9.78 Å². The third-order valence-electron chi connectivity index (χ3n) is 4.57. The van der Waals surface area contributed by atoms with Crippen LogP contribution in [0.4, 0.5) is 5.82 Å². The van der Waals surface area contributed by atoms with Crippen molar-refractivity contribution in [3.8, 4) is 11.3 Å². The minimum Gasteiger partial charge on any atom is -0.367 e. The number of hydrogen-bond acceptors (Lipinski definition) is 7. The molecule has 0 radical (unpaired) electrons. The van der Waals surface area contributed by atoms with Gasteiger partial charge in [0.25, 0.3) is 0 Å². The molecule has 1 saturated heterocycles. The number of rotatable bonds is 6. The summed E-state index contributed by atoms with van der Waals surface area (Å²) in [6.07, 6.45) is 5.50. The van der Waals surface area contributed by atoms with Crippen molar-refractivity contribution in [1.82, 2.24) is 25.3 Å². The largest absolute Gasteiger partial charge is 0.367 e. The summed E-state index contributed by atoms with van der Waals surface area (Å²) in [5.74, 6) is 1.60. The molecule has 27 heavy (non-hydrogen) atoms. The summed E-state index contributed by atoms with van der Waals surface area (Å²) in [4.78, 5) is 30.0. The first-order valence-corrected chi connectivity index (χ1v) is 9.16. The summed E-state index contributed by atoms with van der Waals surface area (Å²) in [6.45, 7) is 5.64. The topological polar surface area (TPSA) is 92.7 Å². The number of benzene rings is 1. The highest BCUT2D eigenvalue weighted by atomic mass is 16.1. The molecule has 0 unspecified atom stereocenters. The zero-order chi connectivity index (χ0) is 18.8. The van der Waals surface area contributed by atoms with Crippen LogP contribution < -0.4 is 10.6 Å². The van der Waals surface area contributed by atoms with Gasteiger partial charge in [-0.1, -0.05) is 12.1 Å². The van der Waals surface area contributed by atoms with Gasteiger partial charge in [0.2, 0.25) is 0 Å². The quantitative estimate of drug-likeness (QED) is 0.694. The first-order chi connectivity index (χ1) is 13.1. The molecule has 3 aromatic rings. The molecular formula is C20H22N6O. The van der Waals surface area contributed by atoms with Gasteiger partial charge in [0.05, 0.1) is 30.0 Å². The molecule has 0 aliphatic carbocycles. The van der Waals surface area contributed by atoms with Crippen molar-refractivity contribution < 1.29 is 4.79 Å². The molecule has 0 bridgehead atoms. The highest BCUT2D eigenvalue weighted by Gasteiger charge is 2.25. The van der Waals surface area contributed by atoms with Crippen molar-refractivity contribution in [2.45, 2.75) is 26.3 Å². The molecule has 1 aliphatic rings. The van der Waals surface area contributed by atoms with Crippen LogP contribution in [-0.2, 0) is 11.2 Å². The Bertz CT molecular complexity index is 983. The van der Waals surface area contributed by atoms with Crippen molar-refractivity contribution in [3.05, 3.63) is 42.6 Å². The van der Waals surface area contributed by atoms with Crippen molar-refractivity contribution >= 4 is 22.5 Å². The second-order valence-electron chi connectivity index (χ2n) is 7.15. The molecule has 2 N–H and O–H groups in total. The lowest BCUT2D eigenvalue weighted by molar-refractivity contribution is -0.123. The summed E-state index contributed by atoms with van der Waals surface area (Å²) >= 11 is 0. The summed E-state index contributed by atoms with van der Waals surface area (Å²) in [5.41, 5.74) is 2.52. The predicted molar refractivity (Wildman–Crippen MR) is 104 cm³/mol. The molecule has 7 heteroatoms. The molecule has 7 nitrogen and oxygen atoms in total. The minimum atomic E-state index is 0.0992. The number of hydrogen-bond donors (Lipinski definition) is 2. The average Bonchev–Trinajstić information content (AvgIpc) is 2.59. The zero-order valence-corrected chi connectivity index (χ0v) is 15.4. The highest BCUT2D eigenvalue weighted by molar-refractivity contribution is 5.86. The van der Waals surface area contributed by atoms with Gasteiger partial charge in [0.1, 0.15) is 17.4 Å². The van der Waals surface area contributed by atoms with Crippen LogP contribution in [0.15, 0.2) is 36.8 Å². The smallest absolute Gasteiger partial charge is 0.146 e. The van der Waals surface area contributed by atoms with Crippen molar-refractivity contribution in [1.29, 1.82) is 0 Å². The van der Waals surface area contributed by atoms with E-state index in [1.54, 1.807) is 18.6 Å². The third kappa shape index (κ3) is 3.93. The Morgan fingerprint density at radius 1 is 1.22 bits per heavy atom. The Labute approximate surface area is 157 Å². The average molecular weight is 362 g/mol. The van der Waals surface area contributed by atoms with Crippen molar-refractivity contribution in [3.63, 3.8) is 0 Å². The van der Waals surface area contributed by atoms with Crippen LogP contribution in [0.25, 0.3) is 22.2 Å². The van der Waals surface area contributed by atoms with E-state index in [1.165, 1.54) is 0 Å². The normalized spacial score (nSPS) is 14.3. The van der Waals surface area contributed by atoms with Crippen LogP contribution in [-0.4, -0.2) is 44.9 Å². The standard InChI is InChI=1S/C20H22N6O/c1-12(2)24-20-11-22-10-17(26-20)13-3-4-14-9-23-19(25-16(14)5-13)6-18(27)15-7-21-8-15/h3-5,9-12,15,21H,6-8H2,1-2H3,(H,24,26). The van der Waals surface area contributed by atoms with E-state index in [0.717, 1.165) is 41.1 Å². The summed E-state index contributed by atoms with van der Waals surface area (Å²) < 4.78 is 0. The number of anilines is 1. The molecule has 1 aromatic carbocycles. The first-order valence-electron chi connectivity index (χ1n) is 9.16. The molecule has 0 saturated carbocycles. The van der Waals surface area contributed by atoms with E-state index in [9.17, 15) is 4.79 Å².